The van der Waals surface area contributed by atoms with Crippen LogP contribution in [0.4, 0.5) is 0 Å². The van der Waals surface area contributed by atoms with E-state index >= 15 is 0 Å². The molecular formula is C16H29NOS. The molecule has 1 N–H and O–H groups in total. The van der Waals surface area contributed by atoms with Crippen LogP contribution in [-0.2, 0) is 4.74 Å². The lowest BCUT2D eigenvalue weighted by atomic mass is 9.88. The number of nitrogens with one attached hydrogen (secondary N) is 1. The quantitative estimate of drug-likeness (QED) is 0.849. The summed E-state index contributed by atoms with van der Waals surface area (Å²) in [5.41, 5.74) is 0.270. The standard InChI is InChI=1S/C16H29NOS/c1-2-19-15-6-5-13(11-15)17-14-7-10-18-16(12-14)8-3-4-9-16/h13-15,17H,2-12H2,1H3. The second-order valence-electron chi connectivity index (χ2n) is 6.68. The van der Waals surface area contributed by atoms with Gasteiger partial charge in [0, 0.05) is 23.9 Å². The molecule has 0 aromatic rings. The molecule has 3 aliphatic rings. The van der Waals surface area contributed by atoms with E-state index in [-0.39, 0.29) is 5.60 Å². The van der Waals surface area contributed by atoms with Crippen molar-refractivity contribution in [2.24, 2.45) is 0 Å². The van der Waals surface area contributed by atoms with Crippen LogP contribution in [0.2, 0.25) is 0 Å². The number of hydrogen-bond donors (Lipinski definition) is 1. The molecule has 1 spiro atoms. The van der Waals surface area contributed by atoms with Gasteiger partial charge in [0.25, 0.3) is 0 Å². The van der Waals surface area contributed by atoms with Crippen molar-refractivity contribution < 1.29 is 4.74 Å². The van der Waals surface area contributed by atoms with Crippen LogP contribution in [0.25, 0.3) is 0 Å². The second-order valence-corrected chi connectivity index (χ2v) is 8.26. The van der Waals surface area contributed by atoms with Gasteiger partial charge in [0.2, 0.25) is 0 Å². The second kappa shape index (κ2) is 6.36. The Labute approximate surface area is 122 Å². The smallest absolute Gasteiger partial charge is 0.0697 e. The molecule has 3 unspecified atom stereocenters. The van der Waals surface area contributed by atoms with Crippen molar-refractivity contribution in [1.29, 1.82) is 0 Å². The van der Waals surface area contributed by atoms with Crippen molar-refractivity contribution in [2.75, 3.05) is 12.4 Å². The zero-order valence-electron chi connectivity index (χ0n) is 12.3. The van der Waals surface area contributed by atoms with Gasteiger partial charge in [-0.15, -0.1) is 0 Å². The Balaban J connectivity index is 1.47. The Kier molecular flexibility index (Phi) is 4.76. The van der Waals surface area contributed by atoms with Crippen LogP contribution in [0.15, 0.2) is 0 Å². The summed E-state index contributed by atoms with van der Waals surface area (Å²) in [5, 5.41) is 4.88. The van der Waals surface area contributed by atoms with Gasteiger partial charge in [-0.2, -0.15) is 11.8 Å². The molecule has 0 aromatic heterocycles. The minimum absolute atomic E-state index is 0.270. The molecule has 1 aliphatic heterocycles. The Bertz CT molecular complexity index is 290. The van der Waals surface area contributed by atoms with E-state index in [9.17, 15) is 0 Å². The monoisotopic (exact) mass is 283 g/mol. The van der Waals surface area contributed by atoms with Gasteiger partial charge in [-0.05, 0) is 50.7 Å². The summed E-state index contributed by atoms with van der Waals surface area (Å²) in [6.45, 7) is 3.27. The molecule has 2 nitrogen and oxygen atoms in total. The first-order valence-corrected chi connectivity index (χ1v) is 9.36. The van der Waals surface area contributed by atoms with Crippen molar-refractivity contribution in [3.05, 3.63) is 0 Å². The number of thioether (sulfide) groups is 1. The average molecular weight is 283 g/mol. The summed E-state index contributed by atoms with van der Waals surface area (Å²) in [6, 6.07) is 1.51. The summed E-state index contributed by atoms with van der Waals surface area (Å²) in [4.78, 5) is 0. The van der Waals surface area contributed by atoms with Crippen LogP contribution in [0.5, 0.6) is 0 Å². The first kappa shape index (κ1) is 14.2. The van der Waals surface area contributed by atoms with Gasteiger partial charge in [-0.25, -0.2) is 0 Å². The van der Waals surface area contributed by atoms with E-state index in [1.54, 1.807) is 0 Å². The third-order valence-electron chi connectivity index (χ3n) is 5.27. The van der Waals surface area contributed by atoms with Gasteiger partial charge in [-0.1, -0.05) is 19.8 Å². The zero-order chi connectivity index (χ0) is 13.1. The zero-order valence-corrected chi connectivity index (χ0v) is 13.1. The topological polar surface area (TPSA) is 21.3 Å². The Hall–Kier alpha value is 0.270. The molecule has 0 amide bonds. The van der Waals surface area contributed by atoms with Crippen LogP contribution in [-0.4, -0.2) is 35.3 Å². The number of hydrogen-bond acceptors (Lipinski definition) is 3. The summed E-state index contributed by atoms with van der Waals surface area (Å²) in [6.07, 6.45) is 12.1. The van der Waals surface area contributed by atoms with Crippen LogP contribution in [0.1, 0.15) is 64.7 Å². The van der Waals surface area contributed by atoms with Gasteiger partial charge in [-0.3, -0.25) is 0 Å². The van der Waals surface area contributed by atoms with Crippen molar-refractivity contribution in [3.8, 4) is 0 Å². The lowest BCUT2D eigenvalue weighted by molar-refractivity contribution is -0.0846. The van der Waals surface area contributed by atoms with E-state index in [0.717, 1.165) is 23.9 Å². The minimum Gasteiger partial charge on any atom is -0.375 e. The molecule has 3 rings (SSSR count). The summed E-state index contributed by atoms with van der Waals surface area (Å²) >= 11 is 2.16. The van der Waals surface area contributed by atoms with Crippen LogP contribution >= 0.6 is 11.8 Å². The maximum absolute atomic E-state index is 6.14. The molecule has 0 radical (unpaired) electrons. The van der Waals surface area contributed by atoms with Gasteiger partial charge in [0.15, 0.2) is 0 Å². The number of rotatable bonds is 4. The fraction of sp³-hybridized carbons (Fsp3) is 1.00. The summed E-state index contributed by atoms with van der Waals surface area (Å²) < 4.78 is 6.14. The molecule has 2 saturated carbocycles. The Morgan fingerprint density at radius 3 is 2.79 bits per heavy atom. The fourth-order valence-corrected chi connectivity index (χ4v) is 5.49. The molecule has 19 heavy (non-hydrogen) atoms. The molecule has 0 aromatic carbocycles. The molecule has 3 fully saturated rings. The SMILES string of the molecule is CCSC1CCC(NC2CCOC3(CCCC3)C2)C1. The van der Waals surface area contributed by atoms with Gasteiger partial charge >= 0.3 is 0 Å². The van der Waals surface area contributed by atoms with Crippen molar-refractivity contribution in [2.45, 2.75) is 87.6 Å². The van der Waals surface area contributed by atoms with E-state index in [4.69, 9.17) is 4.74 Å². The molecule has 1 heterocycles. The van der Waals surface area contributed by atoms with Crippen molar-refractivity contribution >= 4 is 11.8 Å². The molecule has 1 saturated heterocycles. The normalized spacial score (nSPS) is 38.1. The molecule has 0 bridgehead atoms. The maximum Gasteiger partial charge on any atom is 0.0697 e. The van der Waals surface area contributed by atoms with Crippen LogP contribution in [0, 0.1) is 0 Å². The van der Waals surface area contributed by atoms with Crippen LogP contribution < -0.4 is 5.32 Å². The molecule has 3 atom stereocenters. The molecule has 2 aliphatic carbocycles. The largest absolute Gasteiger partial charge is 0.375 e. The third kappa shape index (κ3) is 3.48. The minimum atomic E-state index is 0.270. The maximum atomic E-state index is 6.14. The van der Waals surface area contributed by atoms with Gasteiger partial charge < -0.3 is 10.1 Å². The fourth-order valence-electron chi connectivity index (χ4n) is 4.35. The van der Waals surface area contributed by atoms with E-state index < -0.39 is 0 Å². The van der Waals surface area contributed by atoms with E-state index in [1.165, 1.54) is 63.5 Å². The van der Waals surface area contributed by atoms with Crippen molar-refractivity contribution in [1.82, 2.24) is 5.32 Å². The average Bonchev–Trinajstić information content (AvgIpc) is 3.01. The Morgan fingerprint density at radius 1 is 1.16 bits per heavy atom. The van der Waals surface area contributed by atoms with Gasteiger partial charge in [0.05, 0.1) is 5.60 Å². The first-order valence-electron chi connectivity index (χ1n) is 8.31. The van der Waals surface area contributed by atoms with E-state index in [1.807, 2.05) is 0 Å². The molecule has 3 heteroatoms. The summed E-state index contributed by atoms with van der Waals surface area (Å²) in [7, 11) is 0. The highest BCUT2D eigenvalue weighted by molar-refractivity contribution is 7.99. The lowest BCUT2D eigenvalue weighted by Gasteiger charge is -2.39. The Morgan fingerprint density at radius 2 is 2.00 bits per heavy atom. The lowest BCUT2D eigenvalue weighted by Crippen LogP contribution is -2.48. The third-order valence-corrected chi connectivity index (χ3v) is 6.50. The predicted molar refractivity (Wildman–Crippen MR) is 82.9 cm³/mol. The molecular weight excluding hydrogens is 254 g/mol. The highest BCUT2D eigenvalue weighted by Gasteiger charge is 2.40. The van der Waals surface area contributed by atoms with Crippen LogP contribution in [0.3, 0.4) is 0 Å². The van der Waals surface area contributed by atoms with Crippen molar-refractivity contribution in [3.63, 3.8) is 0 Å². The first-order chi connectivity index (χ1) is 9.30. The van der Waals surface area contributed by atoms with E-state index in [0.29, 0.717) is 0 Å². The molecule has 110 valence electrons. The van der Waals surface area contributed by atoms with Gasteiger partial charge in [0.1, 0.15) is 0 Å². The number of ether oxygens (including phenoxy) is 1. The highest BCUT2D eigenvalue weighted by Crippen LogP contribution is 2.40. The highest BCUT2D eigenvalue weighted by atomic mass is 32.2. The predicted octanol–water partition coefficient (Wildman–Crippen LogP) is 3.74. The summed E-state index contributed by atoms with van der Waals surface area (Å²) in [5.74, 6) is 1.28. The van der Waals surface area contributed by atoms with E-state index in [2.05, 4.69) is 24.0 Å².